The van der Waals surface area contributed by atoms with Gasteiger partial charge in [0, 0.05) is 11.9 Å². The number of thiazole rings is 1. The number of aliphatic hydroxyl groups excluding tert-OH is 1. The first-order valence-electron chi connectivity index (χ1n) is 9.70. The van der Waals surface area contributed by atoms with Gasteiger partial charge in [-0.05, 0) is 74.6 Å². The third-order valence-corrected chi connectivity index (χ3v) is 6.95. The van der Waals surface area contributed by atoms with Crippen molar-refractivity contribution in [1.29, 1.82) is 0 Å². The fourth-order valence-corrected chi connectivity index (χ4v) is 4.98. The summed E-state index contributed by atoms with van der Waals surface area (Å²) >= 11 is 1.37. The molecule has 0 saturated heterocycles. The number of aliphatic carboxylic acids is 1. The third kappa shape index (κ3) is 4.71. The lowest BCUT2D eigenvalue weighted by atomic mass is 9.78. The van der Waals surface area contributed by atoms with E-state index in [2.05, 4.69) is 4.98 Å². The number of aliphatic hydroxyl groups is 2. The molecule has 0 spiro atoms. The number of benzene rings is 1. The number of nitrogens with zero attached hydrogens (tertiary/aromatic N) is 1. The van der Waals surface area contributed by atoms with Crippen molar-refractivity contribution in [3.63, 3.8) is 0 Å². The maximum atomic E-state index is 11.1. The topological polar surface area (TPSA) is 117 Å². The van der Waals surface area contributed by atoms with Gasteiger partial charge in [-0.15, -0.1) is 11.3 Å². The Bertz CT molecular complexity index is 809. The highest BCUT2D eigenvalue weighted by Gasteiger charge is 2.34. The highest BCUT2D eigenvalue weighted by Crippen LogP contribution is 2.38. The molecule has 1 aromatic heterocycles. The molecule has 1 aliphatic rings. The Labute approximate surface area is 169 Å². The summed E-state index contributed by atoms with van der Waals surface area (Å²) in [5, 5.41) is 30.5. The van der Waals surface area contributed by atoms with E-state index in [0.717, 1.165) is 35.3 Å². The largest absolute Gasteiger partial charge is 0.481 e. The van der Waals surface area contributed by atoms with Crippen molar-refractivity contribution < 1.29 is 20.1 Å². The first kappa shape index (κ1) is 20.8. The van der Waals surface area contributed by atoms with E-state index < -0.39 is 11.6 Å². The summed E-state index contributed by atoms with van der Waals surface area (Å²) in [6, 6.07) is 5.80. The number of aromatic nitrogens is 1. The Morgan fingerprint density at radius 2 is 2.00 bits per heavy atom. The van der Waals surface area contributed by atoms with E-state index in [9.17, 15) is 15.0 Å². The molecule has 6 nitrogen and oxygen atoms in total. The molecular weight excluding hydrogens is 376 g/mol. The van der Waals surface area contributed by atoms with Crippen LogP contribution in [0.3, 0.4) is 0 Å². The van der Waals surface area contributed by atoms with Gasteiger partial charge in [0.15, 0.2) is 0 Å². The molecule has 0 radical (unpaired) electrons. The van der Waals surface area contributed by atoms with Crippen molar-refractivity contribution in [3.8, 4) is 10.4 Å². The molecule has 1 aromatic carbocycles. The smallest absolute Gasteiger partial charge is 0.306 e. The van der Waals surface area contributed by atoms with Crippen molar-refractivity contribution in [1.82, 2.24) is 4.98 Å². The maximum Gasteiger partial charge on any atom is 0.306 e. The molecule has 0 bridgehead atoms. The zero-order chi connectivity index (χ0) is 20.3. The van der Waals surface area contributed by atoms with E-state index >= 15 is 0 Å². The number of carboxylic acids is 1. The summed E-state index contributed by atoms with van der Waals surface area (Å²) in [6.45, 7) is 1.59. The quantitative estimate of drug-likeness (QED) is 0.524. The van der Waals surface area contributed by atoms with Gasteiger partial charge in [0.05, 0.1) is 17.4 Å². The van der Waals surface area contributed by atoms with Gasteiger partial charge in [-0.1, -0.05) is 6.07 Å². The average Bonchev–Trinajstić information content (AvgIpc) is 3.16. The molecule has 1 unspecified atom stereocenters. The summed E-state index contributed by atoms with van der Waals surface area (Å²) in [5.74, 6) is -0.571. The molecule has 152 valence electrons. The highest BCUT2D eigenvalue weighted by molar-refractivity contribution is 7.15. The predicted octanol–water partition coefficient (Wildman–Crippen LogP) is 3.55. The lowest BCUT2D eigenvalue weighted by Gasteiger charge is -2.29. The Hall–Kier alpha value is -1.96. The Morgan fingerprint density at radius 1 is 1.29 bits per heavy atom. The molecule has 28 heavy (non-hydrogen) atoms. The number of anilines is 1. The zero-order valence-corrected chi connectivity index (χ0v) is 16.9. The lowest BCUT2D eigenvalue weighted by Crippen LogP contribution is -2.31. The van der Waals surface area contributed by atoms with Crippen molar-refractivity contribution >= 4 is 23.0 Å². The Kier molecular flexibility index (Phi) is 6.37. The fourth-order valence-electron chi connectivity index (χ4n) is 3.97. The summed E-state index contributed by atoms with van der Waals surface area (Å²) in [5.41, 5.74) is 7.25. The summed E-state index contributed by atoms with van der Waals surface area (Å²) in [4.78, 5) is 16.4. The van der Waals surface area contributed by atoms with E-state index in [0.29, 0.717) is 35.9 Å². The van der Waals surface area contributed by atoms with Crippen molar-refractivity contribution in [3.05, 3.63) is 35.0 Å². The first-order valence-corrected chi connectivity index (χ1v) is 10.5. The number of rotatable bonds is 7. The van der Waals surface area contributed by atoms with Gasteiger partial charge in [-0.2, -0.15) is 0 Å². The van der Waals surface area contributed by atoms with Gasteiger partial charge in [0.25, 0.3) is 0 Å². The minimum atomic E-state index is -1.37. The van der Waals surface area contributed by atoms with Crippen LogP contribution < -0.4 is 5.73 Å². The third-order valence-electron chi connectivity index (χ3n) is 5.71. The van der Waals surface area contributed by atoms with Crippen LogP contribution in [0.25, 0.3) is 10.4 Å². The zero-order valence-electron chi connectivity index (χ0n) is 16.1. The average molecular weight is 405 g/mol. The summed E-state index contributed by atoms with van der Waals surface area (Å²) in [6.07, 6.45) is 5.95. The summed E-state index contributed by atoms with van der Waals surface area (Å²) < 4.78 is 0. The van der Waals surface area contributed by atoms with E-state index in [4.69, 9.17) is 10.8 Å². The molecule has 0 amide bonds. The molecule has 1 heterocycles. The molecule has 7 heteroatoms. The molecule has 0 aliphatic heterocycles. The number of hydrogen-bond donors (Lipinski definition) is 4. The SMILES string of the molecule is Cc1cc(N)cc(-c2cnc(C(O)(CO)CCC3CCC(C(=O)O)CC3)s2)c1. The Morgan fingerprint density at radius 3 is 2.61 bits per heavy atom. The number of aryl methyl sites for hydroxylation is 1. The van der Waals surface area contributed by atoms with Gasteiger partial charge in [0.2, 0.25) is 0 Å². The number of carbonyl (C=O) groups is 1. The first-order chi connectivity index (χ1) is 13.3. The van der Waals surface area contributed by atoms with E-state index in [-0.39, 0.29) is 12.5 Å². The normalized spacial score (nSPS) is 22.0. The molecule has 1 atom stereocenters. The maximum absolute atomic E-state index is 11.1. The van der Waals surface area contributed by atoms with Crippen LogP contribution in [0.1, 0.15) is 49.1 Å². The van der Waals surface area contributed by atoms with E-state index in [1.165, 1.54) is 11.3 Å². The number of nitrogen functional groups attached to an aromatic ring is 1. The molecule has 2 aromatic rings. The standard InChI is InChI=1S/C21H28N2O4S/c1-13-8-16(10-17(22)9-13)18-11-23-20(28-18)21(27,12-24)7-6-14-2-4-15(5-3-14)19(25)26/h8-11,14-15,24,27H,2-7,12,22H2,1H3,(H,25,26). The van der Waals surface area contributed by atoms with E-state index in [1.54, 1.807) is 6.20 Å². The van der Waals surface area contributed by atoms with Gasteiger partial charge >= 0.3 is 5.97 Å². The second-order valence-electron chi connectivity index (χ2n) is 7.95. The monoisotopic (exact) mass is 404 g/mol. The van der Waals surface area contributed by atoms with Crippen LogP contribution >= 0.6 is 11.3 Å². The van der Waals surface area contributed by atoms with Crippen LogP contribution in [0.5, 0.6) is 0 Å². The molecule has 5 N–H and O–H groups in total. The van der Waals surface area contributed by atoms with Crippen molar-refractivity contribution in [2.75, 3.05) is 12.3 Å². The minimum absolute atomic E-state index is 0.240. The summed E-state index contributed by atoms with van der Waals surface area (Å²) in [7, 11) is 0. The van der Waals surface area contributed by atoms with Crippen molar-refractivity contribution in [2.24, 2.45) is 11.8 Å². The van der Waals surface area contributed by atoms with Gasteiger partial charge in [-0.3, -0.25) is 4.79 Å². The van der Waals surface area contributed by atoms with E-state index in [1.807, 2.05) is 25.1 Å². The van der Waals surface area contributed by atoms with Gasteiger partial charge < -0.3 is 21.1 Å². The van der Waals surface area contributed by atoms with Crippen molar-refractivity contribution in [2.45, 2.75) is 51.0 Å². The molecule has 1 aliphatic carbocycles. The van der Waals surface area contributed by atoms with Crippen LogP contribution in [0.2, 0.25) is 0 Å². The van der Waals surface area contributed by atoms with Crippen LogP contribution in [-0.4, -0.2) is 32.9 Å². The van der Waals surface area contributed by atoms with Gasteiger partial charge in [0.1, 0.15) is 10.6 Å². The second-order valence-corrected chi connectivity index (χ2v) is 8.98. The fraction of sp³-hybridized carbons (Fsp3) is 0.524. The minimum Gasteiger partial charge on any atom is -0.481 e. The second kappa shape index (κ2) is 8.59. The Balaban J connectivity index is 1.67. The highest BCUT2D eigenvalue weighted by atomic mass is 32.1. The molecule has 1 saturated carbocycles. The number of carboxylic acid groups (broad SMARTS) is 1. The van der Waals surface area contributed by atoms with Crippen LogP contribution in [0.15, 0.2) is 24.4 Å². The van der Waals surface area contributed by atoms with Crippen LogP contribution in [-0.2, 0) is 10.4 Å². The number of nitrogens with two attached hydrogens (primary N) is 1. The molecule has 3 rings (SSSR count). The van der Waals surface area contributed by atoms with Crippen LogP contribution in [0.4, 0.5) is 5.69 Å². The molecule has 1 fully saturated rings. The number of hydrogen-bond acceptors (Lipinski definition) is 6. The lowest BCUT2D eigenvalue weighted by molar-refractivity contribution is -0.143. The van der Waals surface area contributed by atoms with Crippen LogP contribution in [0, 0.1) is 18.8 Å². The predicted molar refractivity (Wildman–Crippen MR) is 110 cm³/mol. The molecular formula is C21H28N2O4S. The van der Waals surface area contributed by atoms with Gasteiger partial charge in [-0.25, -0.2) is 4.98 Å².